The minimum absolute atomic E-state index is 0.0678. The van der Waals surface area contributed by atoms with Crippen molar-refractivity contribution in [2.45, 2.75) is 19.3 Å². The summed E-state index contributed by atoms with van der Waals surface area (Å²) in [6, 6.07) is 0.773. The van der Waals surface area contributed by atoms with E-state index in [9.17, 15) is 22.0 Å². The summed E-state index contributed by atoms with van der Waals surface area (Å²) >= 11 is 0. The quantitative estimate of drug-likeness (QED) is 0.800. The third-order valence-corrected chi connectivity index (χ3v) is 2.19. The SMILES string of the molecule is FC(F)n1ccnc1Cn1ccc(C(F)(F)F)n1. The number of hydrogen-bond acceptors (Lipinski definition) is 2. The van der Waals surface area contributed by atoms with Crippen LogP contribution in [0.4, 0.5) is 22.0 Å². The first-order chi connectivity index (χ1) is 8.38. The number of nitrogens with zero attached hydrogens (tertiary/aromatic N) is 4. The van der Waals surface area contributed by atoms with E-state index in [0.29, 0.717) is 4.57 Å². The van der Waals surface area contributed by atoms with E-state index in [0.717, 1.165) is 29.3 Å². The van der Waals surface area contributed by atoms with Crippen molar-refractivity contribution in [3.8, 4) is 0 Å². The maximum absolute atomic E-state index is 12.5. The van der Waals surface area contributed by atoms with Crippen molar-refractivity contribution in [2.75, 3.05) is 0 Å². The van der Waals surface area contributed by atoms with E-state index >= 15 is 0 Å². The highest BCUT2D eigenvalue weighted by molar-refractivity contribution is 5.04. The van der Waals surface area contributed by atoms with Crippen molar-refractivity contribution in [1.29, 1.82) is 0 Å². The molecule has 98 valence electrons. The van der Waals surface area contributed by atoms with Crippen molar-refractivity contribution in [1.82, 2.24) is 19.3 Å². The van der Waals surface area contributed by atoms with Gasteiger partial charge in [-0.05, 0) is 6.07 Å². The van der Waals surface area contributed by atoms with Crippen LogP contribution in [0.5, 0.6) is 0 Å². The minimum Gasteiger partial charge on any atom is -0.276 e. The molecule has 0 unspecified atom stereocenters. The number of aromatic nitrogens is 4. The molecule has 0 spiro atoms. The van der Waals surface area contributed by atoms with Crippen LogP contribution in [-0.4, -0.2) is 19.3 Å². The van der Waals surface area contributed by atoms with Crippen LogP contribution in [0.15, 0.2) is 24.7 Å². The Bertz CT molecular complexity index is 527. The fourth-order valence-electron chi connectivity index (χ4n) is 1.39. The molecule has 0 saturated carbocycles. The van der Waals surface area contributed by atoms with Gasteiger partial charge in [-0.25, -0.2) is 4.98 Å². The molecule has 2 aromatic rings. The lowest BCUT2D eigenvalue weighted by Gasteiger charge is -2.06. The first-order valence-electron chi connectivity index (χ1n) is 4.78. The lowest BCUT2D eigenvalue weighted by Crippen LogP contribution is -2.11. The summed E-state index contributed by atoms with van der Waals surface area (Å²) in [4.78, 5) is 3.65. The zero-order valence-corrected chi connectivity index (χ0v) is 8.77. The van der Waals surface area contributed by atoms with E-state index in [1.54, 1.807) is 0 Å². The Hall–Kier alpha value is -1.93. The van der Waals surface area contributed by atoms with Crippen molar-refractivity contribution < 1.29 is 22.0 Å². The maximum Gasteiger partial charge on any atom is 0.435 e. The van der Waals surface area contributed by atoms with Gasteiger partial charge >= 0.3 is 12.7 Å². The van der Waals surface area contributed by atoms with E-state index in [1.807, 2.05) is 0 Å². The molecule has 0 aliphatic carbocycles. The monoisotopic (exact) mass is 266 g/mol. The molecule has 0 aliphatic rings. The predicted molar refractivity (Wildman–Crippen MR) is 49.8 cm³/mol. The van der Waals surface area contributed by atoms with Crippen LogP contribution in [-0.2, 0) is 12.7 Å². The zero-order valence-electron chi connectivity index (χ0n) is 8.77. The molecule has 18 heavy (non-hydrogen) atoms. The van der Waals surface area contributed by atoms with Crippen LogP contribution < -0.4 is 0 Å². The molecule has 2 heterocycles. The topological polar surface area (TPSA) is 35.6 Å². The molecule has 4 nitrogen and oxygen atoms in total. The van der Waals surface area contributed by atoms with Gasteiger partial charge in [0.25, 0.3) is 0 Å². The van der Waals surface area contributed by atoms with Crippen molar-refractivity contribution in [3.05, 3.63) is 36.2 Å². The summed E-state index contributed by atoms with van der Waals surface area (Å²) in [6.07, 6.45) is -1.29. The smallest absolute Gasteiger partial charge is 0.276 e. The molecule has 0 saturated heterocycles. The van der Waals surface area contributed by atoms with Crippen molar-refractivity contribution in [2.24, 2.45) is 0 Å². The molecule has 0 atom stereocenters. The summed E-state index contributed by atoms with van der Waals surface area (Å²) in [5, 5.41) is 3.25. The van der Waals surface area contributed by atoms with Gasteiger partial charge in [-0.3, -0.25) is 9.25 Å². The lowest BCUT2D eigenvalue weighted by molar-refractivity contribution is -0.141. The molecular formula is C9H7F5N4. The van der Waals surface area contributed by atoms with E-state index < -0.39 is 18.4 Å². The first kappa shape index (κ1) is 12.5. The largest absolute Gasteiger partial charge is 0.435 e. The molecule has 0 bridgehead atoms. The number of imidazole rings is 1. The molecule has 0 N–H and O–H groups in total. The molecule has 2 aromatic heterocycles. The fraction of sp³-hybridized carbons (Fsp3) is 0.333. The van der Waals surface area contributed by atoms with Gasteiger partial charge in [-0.2, -0.15) is 27.1 Å². The third-order valence-electron chi connectivity index (χ3n) is 2.19. The molecule has 2 rings (SSSR count). The summed E-state index contributed by atoms with van der Waals surface area (Å²) in [6.45, 7) is -3.05. The lowest BCUT2D eigenvalue weighted by atomic mass is 10.4. The highest BCUT2D eigenvalue weighted by atomic mass is 19.4. The molecule has 0 radical (unpaired) electrons. The Balaban J connectivity index is 2.19. The Kier molecular flexibility index (Phi) is 3.05. The minimum atomic E-state index is -4.55. The van der Waals surface area contributed by atoms with Crippen LogP contribution in [0.25, 0.3) is 0 Å². The molecular weight excluding hydrogens is 259 g/mol. The number of hydrogen-bond donors (Lipinski definition) is 0. The molecule has 0 amide bonds. The van der Waals surface area contributed by atoms with Gasteiger partial charge in [0.15, 0.2) is 5.69 Å². The van der Waals surface area contributed by atoms with Gasteiger partial charge in [-0.15, -0.1) is 0 Å². The highest BCUT2D eigenvalue weighted by Crippen LogP contribution is 2.27. The first-order valence-corrected chi connectivity index (χ1v) is 4.78. The van der Waals surface area contributed by atoms with Crippen LogP contribution in [0.1, 0.15) is 18.1 Å². The Labute approximate surface area is 97.7 Å². The summed E-state index contributed by atoms with van der Waals surface area (Å²) in [5.74, 6) is -0.0678. The van der Waals surface area contributed by atoms with E-state index in [-0.39, 0.29) is 12.4 Å². The second-order valence-electron chi connectivity index (χ2n) is 3.42. The second kappa shape index (κ2) is 4.39. The second-order valence-corrected chi connectivity index (χ2v) is 3.42. The third kappa shape index (κ3) is 2.49. The van der Waals surface area contributed by atoms with Gasteiger partial charge < -0.3 is 0 Å². The van der Waals surface area contributed by atoms with Gasteiger partial charge in [0, 0.05) is 18.6 Å². The predicted octanol–water partition coefficient (Wildman–Crippen LogP) is 2.54. The Morgan fingerprint density at radius 2 is 1.94 bits per heavy atom. The molecule has 0 aromatic carbocycles. The summed E-state index contributed by atoms with van der Waals surface area (Å²) < 4.78 is 63.2. The van der Waals surface area contributed by atoms with Crippen LogP contribution in [0.3, 0.4) is 0 Å². The van der Waals surface area contributed by atoms with Gasteiger partial charge in [0.2, 0.25) is 0 Å². The number of halogens is 5. The molecule has 9 heteroatoms. The number of alkyl halides is 5. The normalized spacial score (nSPS) is 12.3. The van der Waals surface area contributed by atoms with E-state index in [4.69, 9.17) is 0 Å². The fourth-order valence-corrected chi connectivity index (χ4v) is 1.39. The highest BCUT2D eigenvalue weighted by Gasteiger charge is 2.33. The van der Waals surface area contributed by atoms with Gasteiger partial charge in [-0.1, -0.05) is 0 Å². The Morgan fingerprint density at radius 3 is 2.50 bits per heavy atom. The average molecular weight is 266 g/mol. The van der Waals surface area contributed by atoms with E-state index in [1.165, 1.54) is 0 Å². The molecule has 0 fully saturated rings. The van der Waals surface area contributed by atoms with Crippen LogP contribution in [0, 0.1) is 0 Å². The van der Waals surface area contributed by atoms with Crippen molar-refractivity contribution >= 4 is 0 Å². The summed E-state index contributed by atoms with van der Waals surface area (Å²) in [5.41, 5.74) is -1.07. The maximum atomic E-state index is 12.5. The Morgan fingerprint density at radius 1 is 1.22 bits per heavy atom. The van der Waals surface area contributed by atoms with Gasteiger partial charge in [0.05, 0.1) is 6.54 Å². The van der Waals surface area contributed by atoms with Crippen LogP contribution >= 0.6 is 0 Å². The van der Waals surface area contributed by atoms with Gasteiger partial charge in [0.1, 0.15) is 5.82 Å². The van der Waals surface area contributed by atoms with Crippen LogP contribution in [0.2, 0.25) is 0 Å². The van der Waals surface area contributed by atoms with E-state index in [2.05, 4.69) is 10.1 Å². The standard InChI is InChI=1S/C9H7F5N4/c10-8(11)18-4-2-15-7(18)5-17-3-1-6(16-17)9(12,13)14/h1-4,8H,5H2. The molecule has 0 aliphatic heterocycles. The van der Waals surface area contributed by atoms with Crippen molar-refractivity contribution in [3.63, 3.8) is 0 Å². The average Bonchev–Trinajstić information content (AvgIpc) is 2.85. The number of rotatable bonds is 3. The summed E-state index contributed by atoms with van der Waals surface area (Å²) in [7, 11) is 0. The zero-order chi connectivity index (χ0) is 13.3.